The molecule has 2 heterocycles. The number of fused-ring (bicyclic) bond motifs is 1. The molecular formula is C23H20BrN3O3S. The van der Waals surface area contributed by atoms with Crippen molar-refractivity contribution in [3.8, 4) is 0 Å². The van der Waals surface area contributed by atoms with Gasteiger partial charge in [-0.3, -0.25) is 9.78 Å². The van der Waals surface area contributed by atoms with E-state index in [1.165, 1.54) is 4.31 Å². The summed E-state index contributed by atoms with van der Waals surface area (Å²) >= 11 is 3.33. The van der Waals surface area contributed by atoms with Gasteiger partial charge in [0.1, 0.15) is 0 Å². The predicted octanol–water partition coefficient (Wildman–Crippen LogP) is 4.39. The van der Waals surface area contributed by atoms with E-state index in [4.69, 9.17) is 0 Å². The summed E-state index contributed by atoms with van der Waals surface area (Å²) in [5.41, 5.74) is 2.56. The van der Waals surface area contributed by atoms with Crippen molar-refractivity contribution in [2.24, 2.45) is 0 Å². The largest absolute Gasteiger partial charge is 0.322 e. The van der Waals surface area contributed by atoms with Gasteiger partial charge in [0, 0.05) is 41.0 Å². The van der Waals surface area contributed by atoms with E-state index >= 15 is 0 Å². The van der Waals surface area contributed by atoms with Crippen molar-refractivity contribution in [2.45, 2.75) is 24.9 Å². The molecule has 0 amide bonds. The van der Waals surface area contributed by atoms with Crippen LogP contribution < -0.4 is 5.56 Å². The van der Waals surface area contributed by atoms with Crippen LogP contribution in [0.4, 0.5) is 0 Å². The Morgan fingerprint density at radius 3 is 2.52 bits per heavy atom. The summed E-state index contributed by atoms with van der Waals surface area (Å²) in [5, 5.41) is 0.850. The molecule has 8 heteroatoms. The zero-order valence-corrected chi connectivity index (χ0v) is 19.2. The first kappa shape index (κ1) is 21.4. The average Bonchev–Trinajstić information content (AvgIpc) is 2.75. The highest BCUT2D eigenvalue weighted by Crippen LogP contribution is 2.23. The van der Waals surface area contributed by atoms with Gasteiger partial charge in [0.2, 0.25) is 10.0 Å². The van der Waals surface area contributed by atoms with Gasteiger partial charge in [-0.05, 0) is 65.9 Å². The molecule has 0 saturated carbocycles. The van der Waals surface area contributed by atoms with Crippen LogP contribution in [0.3, 0.4) is 0 Å². The van der Waals surface area contributed by atoms with Gasteiger partial charge in [-0.1, -0.05) is 34.1 Å². The van der Waals surface area contributed by atoms with Gasteiger partial charge in [-0.15, -0.1) is 0 Å². The van der Waals surface area contributed by atoms with Crippen molar-refractivity contribution in [3.05, 3.63) is 105 Å². The van der Waals surface area contributed by atoms with Crippen LogP contribution in [0.5, 0.6) is 0 Å². The first-order valence-corrected chi connectivity index (χ1v) is 11.8. The van der Waals surface area contributed by atoms with E-state index in [0.717, 1.165) is 26.5 Å². The molecule has 0 fully saturated rings. The van der Waals surface area contributed by atoms with E-state index in [9.17, 15) is 13.2 Å². The Labute approximate surface area is 188 Å². The Kier molecular flexibility index (Phi) is 6.04. The standard InChI is InChI=1S/C23H20BrN3O3S/c1-16-4-5-18-12-19(23(28)26-22(18)11-16)15-27(14-17-3-2-10-25-13-17)31(29,30)21-8-6-20(24)7-9-21/h2-13H,14-15H2,1H3,(H,26,28). The average molecular weight is 498 g/mol. The van der Waals surface area contributed by atoms with Crippen molar-refractivity contribution >= 4 is 36.9 Å². The maximum atomic E-state index is 13.4. The molecule has 4 rings (SSSR count). The van der Waals surface area contributed by atoms with Crippen LogP contribution in [0.15, 0.2) is 87.2 Å². The number of aromatic nitrogens is 2. The molecule has 2 aromatic heterocycles. The van der Waals surface area contributed by atoms with Gasteiger partial charge in [0.05, 0.1) is 4.90 Å². The number of hydrogen-bond donors (Lipinski definition) is 1. The molecule has 0 radical (unpaired) electrons. The third kappa shape index (κ3) is 4.76. The molecule has 6 nitrogen and oxygen atoms in total. The highest BCUT2D eigenvalue weighted by molar-refractivity contribution is 9.10. The second-order valence-electron chi connectivity index (χ2n) is 7.30. The second-order valence-corrected chi connectivity index (χ2v) is 10.2. The first-order chi connectivity index (χ1) is 14.8. The molecule has 4 aromatic rings. The highest BCUT2D eigenvalue weighted by Gasteiger charge is 2.26. The smallest absolute Gasteiger partial charge is 0.252 e. The molecule has 0 aliphatic rings. The normalized spacial score (nSPS) is 11.8. The van der Waals surface area contributed by atoms with Crippen LogP contribution in [-0.4, -0.2) is 22.7 Å². The molecule has 0 spiro atoms. The second kappa shape index (κ2) is 8.74. The molecule has 0 aliphatic carbocycles. The van der Waals surface area contributed by atoms with Crippen LogP contribution in [0.1, 0.15) is 16.7 Å². The zero-order chi connectivity index (χ0) is 22.0. The van der Waals surface area contributed by atoms with E-state index < -0.39 is 10.0 Å². The Balaban J connectivity index is 1.77. The summed E-state index contributed by atoms with van der Waals surface area (Å²) in [6, 6.07) is 17.5. The number of halogens is 1. The fourth-order valence-electron chi connectivity index (χ4n) is 3.34. The van der Waals surface area contributed by atoms with Crippen molar-refractivity contribution < 1.29 is 8.42 Å². The summed E-state index contributed by atoms with van der Waals surface area (Å²) in [7, 11) is -3.86. The van der Waals surface area contributed by atoms with E-state index in [1.54, 1.807) is 48.8 Å². The first-order valence-electron chi connectivity index (χ1n) is 9.60. The van der Waals surface area contributed by atoms with Gasteiger partial charge in [0.15, 0.2) is 0 Å². The fourth-order valence-corrected chi connectivity index (χ4v) is 5.01. The lowest BCUT2D eigenvalue weighted by Gasteiger charge is -2.22. The maximum absolute atomic E-state index is 13.4. The van der Waals surface area contributed by atoms with Crippen LogP contribution in [0.2, 0.25) is 0 Å². The Bertz CT molecular complexity index is 1390. The van der Waals surface area contributed by atoms with Crippen molar-refractivity contribution in [1.29, 1.82) is 0 Å². The monoisotopic (exact) mass is 497 g/mol. The lowest BCUT2D eigenvalue weighted by atomic mass is 10.1. The topological polar surface area (TPSA) is 83.1 Å². The van der Waals surface area contributed by atoms with Crippen molar-refractivity contribution in [2.75, 3.05) is 0 Å². The summed E-state index contributed by atoms with van der Waals surface area (Å²) in [5.74, 6) is 0. The van der Waals surface area contributed by atoms with Crippen molar-refractivity contribution in [1.82, 2.24) is 14.3 Å². The Morgan fingerprint density at radius 1 is 1.03 bits per heavy atom. The number of pyridine rings is 2. The molecule has 1 N–H and O–H groups in total. The van der Waals surface area contributed by atoms with Crippen LogP contribution in [0, 0.1) is 6.92 Å². The third-order valence-corrected chi connectivity index (χ3v) is 7.29. The number of nitrogens with zero attached hydrogens (tertiary/aromatic N) is 2. The molecular weight excluding hydrogens is 478 g/mol. The van der Waals surface area contributed by atoms with Crippen LogP contribution in [0.25, 0.3) is 10.9 Å². The molecule has 2 aromatic carbocycles. The minimum Gasteiger partial charge on any atom is -0.322 e. The van der Waals surface area contributed by atoms with E-state index in [-0.39, 0.29) is 23.5 Å². The molecule has 0 unspecified atom stereocenters. The number of H-pyrrole nitrogens is 1. The van der Waals surface area contributed by atoms with E-state index in [2.05, 4.69) is 25.9 Å². The van der Waals surface area contributed by atoms with Crippen LogP contribution in [-0.2, 0) is 23.1 Å². The van der Waals surface area contributed by atoms with Gasteiger partial charge < -0.3 is 4.98 Å². The lowest BCUT2D eigenvalue weighted by Crippen LogP contribution is -2.32. The number of hydrogen-bond acceptors (Lipinski definition) is 4. The van der Waals surface area contributed by atoms with Crippen molar-refractivity contribution in [3.63, 3.8) is 0 Å². The van der Waals surface area contributed by atoms with Gasteiger partial charge in [0.25, 0.3) is 5.56 Å². The third-order valence-electron chi connectivity index (χ3n) is 4.96. The summed E-state index contributed by atoms with van der Waals surface area (Å²) < 4.78 is 29.0. The lowest BCUT2D eigenvalue weighted by molar-refractivity contribution is 0.399. The minimum atomic E-state index is -3.86. The molecule has 0 saturated heterocycles. The number of aryl methyl sites for hydroxylation is 1. The number of nitrogens with one attached hydrogen (secondary N) is 1. The quantitative estimate of drug-likeness (QED) is 0.428. The molecule has 0 aliphatic heterocycles. The van der Waals surface area contributed by atoms with Gasteiger partial charge >= 0.3 is 0 Å². The Morgan fingerprint density at radius 2 is 1.81 bits per heavy atom. The zero-order valence-electron chi connectivity index (χ0n) is 16.7. The molecule has 158 valence electrons. The summed E-state index contributed by atoms with van der Waals surface area (Å²) in [4.78, 5) is 19.9. The molecule has 0 atom stereocenters. The Hall–Kier alpha value is -2.81. The molecule has 0 bridgehead atoms. The van der Waals surface area contributed by atoms with Gasteiger partial charge in [-0.25, -0.2) is 8.42 Å². The van der Waals surface area contributed by atoms with Gasteiger partial charge in [-0.2, -0.15) is 4.31 Å². The van der Waals surface area contributed by atoms with E-state index in [0.29, 0.717) is 5.56 Å². The van der Waals surface area contributed by atoms with Crippen LogP contribution >= 0.6 is 15.9 Å². The minimum absolute atomic E-state index is 0.0631. The number of sulfonamides is 1. The summed E-state index contributed by atoms with van der Waals surface area (Å²) in [6.45, 7) is 1.98. The number of rotatable bonds is 6. The summed E-state index contributed by atoms with van der Waals surface area (Å²) in [6.07, 6.45) is 3.25. The molecule has 31 heavy (non-hydrogen) atoms. The maximum Gasteiger partial charge on any atom is 0.252 e. The van der Waals surface area contributed by atoms with E-state index in [1.807, 2.05) is 31.2 Å². The SMILES string of the molecule is Cc1ccc2cc(CN(Cc3cccnc3)S(=O)(=O)c3ccc(Br)cc3)c(=O)[nH]c2c1. The highest BCUT2D eigenvalue weighted by atomic mass is 79.9. The number of aromatic amines is 1. The fraction of sp³-hybridized carbons (Fsp3) is 0.130. The number of benzene rings is 2. The predicted molar refractivity (Wildman–Crippen MR) is 124 cm³/mol.